The second-order valence-electron chi connectivity index (χ2n) is 8.88. The first-order chi connectivity index (χ1) is 14.1. The zero-order valence-corrected chi connectivity index (χ0v) is 20.1. The third kappa shape index (κ3) is 6.83. The molecular formula is C22H36ClN5O3. The Bertz CT molecular complexity index is 753. The monoisotopic (exact) mass is 453 g/mol. The van der Waals surface area contributed by atoms with Gasteiger partial charge in [-0.25, -0.2) is 0 Å². The zero-order valence-electron chi connectivity index (χ0n) is 19.3. The lowest BCUT2D eigenvalue weighted by atomic mass is 9.85. The summed E-state index contributed by atoms with van der Waals surface area (Å²) in [6, 6.07) is 7.79. The second-order valence-corrected chi connectivity index (χ2v) is 8.88. The van der Waals surface area contributed by atoms with Crippen molar-refractivity contribution in [3.05, 3.63) is 30.3 Å². The van der Waals surface area contributed by atoms with E-state index in [1.807, 2.05) is 51.1 Å². The highest BCUT2D eigenvalue weighted by atomic mass is 35.5. The average Bonchev–Trinajstić information content (AvgIpc) is 3.20. The van der Waals surface area contributed by atoms with Crippen LogP contribution in [0, 0.1) is 5.41 Å². The summed E-state index contributed by atoms with van der Waals surface area (Å²) in [6.45, 7) is 7.97. The summed E-state index contributed by atoms with van der Waals surface area (Å²) < 4.78 is 0. The van der Waals surface area contributed by atoms with E-state index in [-0.39, 0.29) is 30.1 Å². The van der Waals surface area contributed by atoms with E-state index < -0.39 is 23.5 Å². The Hall–Kier alpha value is -2.32. The molecule has 1 saturated heterocycles. The lowest BCUT2D eigenvalue weighted by Gasteiger charge is -2.36. The number of amides is 3. The summed E-state index contributed by atoms with van der Waals surface area (Å²) in [5.41, 5.74) is 3.23. The van der Waals surface area contributed by atoms with Crippen LogP contribution in [0.3, 0.4) is 0 Å². The van der Waals surface area contributed by atoms with Crippen molar-refractivity contribution in [2.75, 3.05) is 25.6 Å². The number of halogens is 1. The number of anilines is 1. The normalized spacial score (nSPS) is 17.9. The number of carbonyl (C=O) groups excluding carboxylic acids is 3. The van der Waals surface area contributed by atoms with Crippen LogP contribution in [0.1, 0.15) is 40.5 Å². The van der Waals surface area contributed by atoms with Crippen molar-refractivity contribution in [3.63, 3.8) is 0 Å². The molecule has 0 spiro atoms. The highest BCUT2D eigenvalue weighted by molar-refractivity contribution is 5.94. The Labute approximate surface area is 191 Å². The van der Waals surface area contributed by atoms with Gasteiger partial charge < -0.3 is 15.5 Å². The topological polar surface area (TPSA) is 93.8 Å². The van der Waals surface area contributed by atoms with E-state index in [9.17, 15) is 14.4 Å². The van der Waals surface area contributed by atoms with Crippen LogP contribution in [-0.2, 0) is 14.4 Å². The number of nitrogens with zero attached hydrogens (tertiary/aromatic N) is 2. The fraction of sp³-hybridized carbons (Fsp3) is 0.591. The number of carbonyl (C=O) groups is 3. The van der Waals surface area contributed by atoms with Crippen molar-refractivity contribution in [1.82, 2.24) is 21.0 Å². The van der Waals surface area contributed by atoms with Gasteiger partial charge in [-0.05, 0) is 44.4 Å². The first-order valence-electron chi connectivity index (χ1n) is 10.4. The smallest absolute Gasteiger partial charge is 0.261 e. The minimum absolute atomic E-state index is 0. The Morgan fingerprint density at radius 2 is 1.77 bits per heavy atom. The minimum atomic E-state index is -0.721. The predicted molar refractivity (Wildman–Crippen MR) is 125 cm³/mol. The summed E-state index contributed by atoms with van der Waals surface area (Å²) in [7, 11) is 3.47. The van der Waals surface area contributed by atoms with E-state index in [0.717, 1.165) is 12.1 Å². The Morgan fingerprint density at radius 3 is 2.32 bits per heavy atom. The molecule has 0 bridgehead atoms. The molecule has 1 aliphatic heterocycles. The van der Waals surface area contributed by atoms with Gasteiger partial charge in [0.15, 0.2) is 0 Å². The van der Waals surface area contributed by atoms with Crippen molar-refractivity contribution >= 4 is 35.8 Å². The van der Waals surface area contributed by atoms with Gasteiger partial charge in [-0.2, -0.15) is 0 Å². The van der Waals surface area contributed by atoms with E-state index in [0.29, 0.717) is 13.0 Å². The van der Waals surface area contributed by atoms with Crippen LogP contribution in [0.5, 0.6) is 0 Å². The summed E-state index contributed by atoms with van der Waals surface area (Å²) in [6.07, 6.45) is 1.34. The van der Waals surface area contributed by atoms with Gasteiger partial charge in [0.1, 0.15) is 12.1 Å². The molecule has 0 unspecified atom stereocenters. The van der Waals surface area contributed by atoms with Crippen molar-refractivity contribution in [3.8, 4) is 0 Å². The first-order valence-corrected chi connectivity index (χ1v) is 10.4. The SMILES string of the molecule is CN[C@@H](C)C(=O)N[C@H](C(=O)N1CCC[C@H]1C(=O)NN(C)c1ccccc1)C(C)(C)C.Cl. The average molecular weight is 454 g/mol. The Kier molecular flexibility index (Phi) is 9.77. The van der Waals surface area contributed by atoms with Crippen LogP contribution < -0.4 is 21.1 Å². The number of hydrazine groups is 1. The number of nitrogens with one attached hydrogen (secondary N) is 3. The molecule has 1 aromatic rings. The summed E-state index contributed by atoms with van der Waals surface area (Å²) in [5, 5.41) is 7.42. The summed E-state index contributed by atoms with van der Waals surface area (Å²) >= 11 is 0. The predicted octanol–water partition coefficient (Wildman–Crippen LogP) is 1.71. The van der Waals surface area contributed by atoms with Crippen LogP contribution in [0.4, 0.5) is 5.69 Å². The molecule has 0 radical (unpaired) electrons. The van der Waals surface area contributed by atoms with Crippen molar-refractivity contribution in [2.24, 2.45) is 5.41 Å². The number of likely N-dealkylation sites (tertiary alicyclic amines) is 1. The lowest BCUT2D eigenvalue weighted by Crippen LogP contribution is -2.60. The summed E-state index contributed by atoms with van der Waals surface area (Å²) in [5.74, 6) is -0.691. The van der Waals surface area contributed by atoms with E-state index in [4.69, 9.17) is 0 Å². The van der Waals surface area contributed by atoms with Crippen LogP contribution in [0.2, 0.25) is 0 Å². The van der Waals surface area contributed by atoms with Gasteiger partial charge >= 0.3 is 0 Å². The van der Waals surface area contributed by atoms with Crippen LogP contribution in [0.25, 0.3) is 0 Å². The fourth-order valence-electron chi connectivity index (χ4n) is 3.47. The fourth-order valence-corrected chi connectivity index (χ4v) is 3.47. The number of hydrogen-bond donors (Lipinski definition) is 3. The van der Waals surface area contributed by atoms with Gasteiger partial charge in [-0.15, -0.1) is 12.4 Å². The molecule has 31 heavy (non-hydrogen) atoms. The van der Waals surface area contributed by atoms with E-state index in [2.05, 4.69) is 16.1 Å². The molecule has 0 aliphatic carbocycles. The maximum absolute atomic E-state index is 13.4. The molecule has 1 fully saturated rings. The maximum atomic E-state index is 13.4. The number of benzene rings is 1. The number of para-hydroxylation sites is 1. The van der Waals surface area contributed by atoms with Gasteiger partial charge in [-0.3, -0.25) is 24.8 Å². The molecule has 3 atom stereocenters. The molecule has 8 nitrogen and oxygen atoms in total. The van der Waals surface area contributed by atoms with Gasteiger partial charge in [0.25, 0.3) is 5.91 Å². The van der Waals surface area contributed by atoms with Gasteiger partial charge in [0.2, 0.25) is 11.8 Å². The molecule has 0 aromatic heterocycles. The van der Waals surface area contributed by atoms with Crippen LogP contribution in [-0.4, -0.2) is 61.4 Å². The molecule has 0 saturated carbocycles. The molecule has 3 N–H and O–H groups in total. The van der Waals surface area contributed by atoms with Crippen LogP contribution in [0.15, 0.2) is 30.3 Å². The number of likely N-dealkylation sites (N-methyl/N-ethyl adjacent to an activating group) is 1. The third-order valence-corrected chi connectivity index (χ3v) is 5.49. The Morgan fingerprint density at radius 1 is 1.16 bits per heavy atom. The highest BCUT2D eigenvalue weighted by Crippen LogP contribution is 2.26. The zero-order chi connectivity index (χ0) is 22.5. The van der Waals surface area contributed by atoms with Gasteiger partial charge in [-0.1, -0.05) is 39.0 Å². The molecule has 1 heterocycles. The minimum Gasteiger partial charge on any atom is -0.342 e. The van der Waals surface area contributed by atoms with E-state index >= 15 is 0 Å². The van der Waals surface area contributed by atoms with Crippen molar-refractivity contribution in [1.29, 1.82) is 0 Å². The molecule has 174 valence electrons. The summed E-state index contributed by atoms with van der Waals surface area (Å²) in [4.78, 5) is 40.4. The first kappa shape index (κ1) is 26.7. The molecular weight excluding hydrogens is 418 g/mol. The van der Waals surface area contributed by atoms with E-state index in [1.165, 1.54) is 0 Å². The maximum Gasteiger partial charge on any atom is 0.261 e. The molecule has 1 aromatic carbocycles. The standard InChI is InChI=1S/C22H35N5O3.ClH/c1-15(23-5)19(28)24-18(22(2,3)4)21(30)27-14-10-13-17(27)20(29)25-26(6)16-11-8-7-9-12-16;/h7-9,11-12,15,17-18,23H,10,13-14H2,1-6H3,(H,24,28)(H,25,29);1H/t15-,17-,18+;/m0./s1. The molecule has 9 heteroatoms. The van der Waals surface area contributed by atoms with Crippen molar-refractivity contribution < 1.29 is 14.4 Å². The third-order valence-electron chi connectivity index (χ3n) is 5.49. The lowest BCUT2D eigenvalue weighted by molar-refractivity contribution is -0.144. The Balaban J connectivity index is 0.00000480. The molecule has 1 aliphatic rings. The van der Waals surface area contributed by atoms with Gasteiger partial charge in [0.05, 0.1) is 11.7 Å². The highest BCUT2D eigenvalue weighted by Gasteiger charge is 2.42. The van der Waals surface area contributed by atoms with Gasteiger partial charge in [0, 0.05) is 13.6 Å². The van der Waals surface area contributed by atoms with Crippen molar-refractivity contribution in [2.45, 2.75) is 58.7 Å². The van der Waals surface area contributed by atoms with E-state index in [1.54, 1.807) is 30.9 Å². The van der Waals surface area contributed by atoms with Crippen LogP contribution >= 0.6 is 12.4 Å². The molecule has 2 rings (SSSR count). The number of hydrogen-bond acceptors (Lipinski definition) is 5. The largest absolute Gasteiger partial charge is 0.342 e. The molecule has 3 amide bonds. The number of rotatable bonds is 7. The quantitative estimate of drug-likeness (QED) is 0.546. The second kappa shape index (κ2) is 11.3.